The van der Waals surface area contributed by atoms with Crippen LogP contribution in [0.5, 0.6) is 11.5 Å². The Kier molecular flexibility index (Phi) is 4.11. The van der Waals surface area contributed by atoms with E-state index < -0.39 is 10.7 Å². The molecule has 0 aliphatic rings. The van der Waals surface area contributed by atoms with Crippen molar-refractivity contribution in [3.05, 3.63) is 64.0 Å². The first-order chi connectivity index (χ1) is 9.10. The number of halogens is 2. The summed E-state index contributed by atoms with van der Waals surface area (Å²) in [5, 5.41) is 11.2. The van der Waals surface area contributed by atoms with E-state index in [4.69, 9.17) is 4.74 Å². The van der Waals surface area contributed by atoms with Gasteiger partial charge in [-0.25, -0.2) is 4.39 Å². The van der Waals surface area contributed by atoms with Gasteiger partial charge in [0, 0.05) is 11.4 Å². The van der Waals surface area contributed by atoms with Gasteiger partial charge in [0.1, 0.15) is 5.75 Å². The van der Waals surface area contributed by atoms with Crippen molar-refractivity contribution in [3.8, 4) is 11.5 Å². The number of ether oxygens (including phenoxy) is 1. The predicted octanol–water partition coefficient (Wildman–Crippen LogP) is 4.42. The molecule has 0 radical (unpaired) electrons. The van der Waals surface area contributed by atoms with Gasteiger partial charge < -0.3 is 4.74 Å². The molecular formula is C13H9BrFNO3. The summed E-state index contributed by atoms with van der Waals surface area (Å²) in [6.07, 6.45) is 0. The minimum Gasteiger partial charge on any atom is -0.454 e. The van der Waals surface area contributed by atoms with E-state index >= 15 is 0 Å². The zero-order valence-electron chi connectivity index (χ0n) is 9.68. The molecule has 0 spiro atoms. The van der Waals surface area contributed by atoms with Gasteiger partial charge in [-0.05, 0) is 23.8 Å². The third kappa shape index (κ3) is 3.29. The van der Waals surface area contributed by atoms with Crippen molar-refractivity contribution >= 4 is 21.6 Å². The van der Waals surface area contributed by atoms with E-state index in [1.807, 2.05) is 0 Å². The van der Waals surface area contributed by atoms with Crippen LogP contribution in [0.4, 0.5) is 10.1 Å². The van der Waals surface area contributed by atoms with Gasteiger partial charge in [-0.15, -0.1) is 0 Å². The summed E-state index contributed by atoms with van der Waals surface area (Å²) >= 11 is 3.23. The minimum atomic E-state index is -0.531. The molecule has 0 unspecified atom stereocenters. The van der Waals surface area contributed by atoms with Crippen LogP contribution in [0, 0.1) is 15.9 Å². The molecule has 2 aromatic rings. The molecule has 0 N–H and O–H groups in total. The number of nitro groups is 1. The molecule has 0 amide bonds. The summed E-state index contributed by atoms with van der Waals surface area (Å²) < 4.78 is 19.0. The van der Waals surface area contributed by atoms with E-state index in [0.29, 0.717) is 5.33 Å². The maximum absolute atomic E-state index is 13.7. The molecule has 6 heteroatoms. The molecule has 0 saturated carbocycles. The summed E-state index contributed by atoms with van der Waals surface area (Å²) in [7, 11) is 0. The SMILES string of the molecule is O=[N+]([O-])c1cccc(Oc2ccc(CBr)cc2F)c1. The van der Waals surface area contributed by atoms with Crippen LogP contribution in [0.15, 0.2) is 42.5 Å². The lowest BCUT2D eigenvalue weighted by Gasteiger charge is -2.07. The topological polar surface area (TPSA) is 52.4 Å². The Balaban J connectivity index is 2.26. The number of nitro benzene ring substituents is 1. The van der Waals surface area contributed by atoms with Gasteiger partial charge in [0.25, 0.3) is 5.69 Å². The first-order valence-corrected chi connectivity index (χ1v) is 6.49. The maximum Gasteiger partial charge on any atom is 0.273 e. The van der Waals surface area contributed by atoms with Gasteiger partial charge in [0.2, 0.25) is 0 Å². The number of hydrogen-bond donors (Lipinski definition) is 0. The number of rotatable bonds is 4. The molecule has 0 heterocycles. The number of non-ortho nitro benzene ring substituents is 1. The number of hydrogen-bond acceptors (Lipinski definition) is 3. The largest absolute Gasteiger partial charge is 0.454 e. The maximum atomic E-state index is 13.7. The quantitative estimate of drug-likeness (QED) is 0.475. The number of nitrogens with zero attached hydrogens (tertiary/aromatic N) is 1. The van der Waals surface area contributed by atoms with Gasteiger partial charge in [0.15, 0.2) is 11.6 Å². The van der Waals surface area contributed by atoms with E-state index in [0.717, 1.165) is 5.56 Å². The lowest BCUT2D eigenvalue weighted by Crippen LogP contribution is -1.92. The monoisotopic (exact) mass is 325 g/mol. The molecule has 0 bridgehead atoms. The third-order valence-corrected chi connectivity index (χ3v) is 3.05. The van der Waals surface area contributed by atoms with E-state index in [9.17, 15) is 14.5 Å². The van der Waals surface area contributed by atoms with Crippen molar-refractivity contribution in [2.45, 2.75) is 5.33 Å². The van der Waals surface area contributed by atoms with Gasteiger partial charge in [-0.2, -0.15) is 0 Å². The Bertz CT molecular complexity index is 619. The van der Waals surface area contributed by atoms with Crippen molar-refractivity contribution in [1.29, 1.82) is 0 Å². The fourth-order valence-electron chi connectivity index (χ4n) is 1.50. The lowest BCUT2D eigenvalue weighted by molar-refractivity contribution is -0.384. The normalized spacial score (nSPS) is 10.2. The van der Waals surface area contributed by atoms with E-state index in [1.165, 1.54) is 36.4 Å². The van der Waals surface area contributed by atoms with Crippen molar-refractivity contribution in [1.82, 2.24) is 0 Å². The lowest BCUT2D eigenvalue weighted by atomic mass is 10.2. The summed E-state index contributed by atoms with van der Waals surface area (Å²) in [6.45, 7) is 0. The van der Waals surface area contributed by atoms with Gasteiger partial charge in [0.05, 0.1) is 11.0 Å². The first kappa shape index (κ1) is 13.5. The highest BCUT2D eigenvalue weighted by Gasteiger charge is 2.09. The Morgan fingerprint density at radius 2 is 2.05 bits per heavy atom. The van der Waals surface area contributed by atoms with Crippen LogP contribution in [0.3, 0.4) is 0 Å². The molecule has 98 valence electrons. The average Bonchev–Trinajstić information content (AvgIpc) is 2.41. The van der Waals surface area contributed by atoms with Crippen molar-refractivity contribution < 1.29 is 14.1 Å². The highest BCUT2D eigenvalue weighted by molar-refractivity contribution is 9.08. The van der Waals surface area contributed by atoms with E-state index in [-0.39, 0.29) is 17.2 Å². The summed E-state index contributed by atoms with van der Waals surface area (Å²) in [6, 6.07) is 10.2. The van der Waals surface area contributed by atoms with Crippen LogP contribution in [-0.2, 0) is 5.33 Å². The highest BCUT2D eigenvalue weighted by atomic mass is 79.9. The van der Waals surface area contributed by atoms with Gasteiger partial charge in [-0.1, -0.05) is 28.1 Å². The molecule has 4 nitrogen and oxygen atoms in total. The van der Waals surface area contributed by atoms with Crippen LogP contribution in [0.1, 0.15) is 5.56 Å². The fraction of sp³-hybridized carbons (Fsp3) is 0.0769. The van der Waals surface area contributed by atoms with E-state index in [2.05, 4.69) is 15.9 Å². The molecule has 0 fully saturated rings. The van der Waals surface area contributed by atoms with Gasteiger partial charge in [-0.3, -0.25) is 10.1 Å². The van der Waals surface area contributed by atoms with Crippen LogP contribution in [-0.4, -0.2) is 4.92 Å². The third-order valence-electron chi connectivity index (χ3n) is 2.41. The number of alkyl halides is 1. The molecule has 0 aliphatic carbocycles. The van der Waals surface area contributed by atoms with Crippen molar-refractivity contribution in [2.75, 3.05) is 0 Å². The molecule has 0 aliphatic heterocycles. The molecule has 0 saturated heterocycles. The second kappa shape index (κ2) is 5.79. The average molecular weight is 326 g/mol. The molecule has 0 aromatic heterocycles. The first-order valence-electron chi connectivity index (χ1n) is 5.37. The Morgan fingerprint density at radius 1 is 1.26 bits per heavy atom. The Labute approximate surface area is 117 Å². The second-order valence-corrected chi connectivity index (χ2v) is 4.32. The van der Waals surface area contributed by atoms with Crippen LogP contribution >= 0.6 is 15.9 Å². The van der Waals surface area contributed by atoms with Gasteiger partial charge >= 0.3 is 0 Å². The fourth-order valence-corrected chi connectivity index (χ4v) is 1.85. The predicted molar refractivity (Wildman–Crippen MR) is 72.2 cm³/mol. The zero-order valence-corrected chi connectivity index (χ0v) is 11.3. The van der Waals surface area contributed by atoms with Crippen LogP contribution < -0.4 is 4.74 Å². The van der Waals surface area contributed by atoms with Crippen LogP contribution in [0.25, 0.3) is 0 Å². The highest BCUT2D eigenvalue weighted by Crippen LogP contribution is 2.28. The standard InChI is InChI=1S/C13H9BrFNO3/c14-8-9-4-5-13(12(15)6-9)19-11-3-1-2-10(7-11)16(17)18/h1-7H,8H2. The summed E-state index contributed by atoms with van der Waals surface area (Å²) in [5.41, 5.74) is 0.680. The van der Waals surface area contributed by atoms with Crippen molar-refractivity contribution in [2.24, 2.45) is 0 Å². The molecule has 2 aromatic carbocycles. The summed E-state index contributed by atoms with van der Waals surface area (Å²) in [5.74, 6) is -0.256. The Hall–Kier alpha value is -1.95. The van der Waals surface area contributed by atoms with E-state index in [1.54, 1.807) is 6.07 Å². The second-order valence-electron chi connectivity index (χ2n) is 3.75. The number of benzene rings is 2. The molecular weight excluding hydrogens is 317 g/mol. The summed E-state index contributed by atoms with van der Waals surface area (Å²) in [4.78, 5) is 10.1. The zero-order chi connectivity index (χ0) is 13.8. The molecule has 19 heavy (non-hydrogen) atoms. The smallest absolute Gasteiger partial charge is 0.273 e. The Morgan fingerprint density at radius 3 is 2.68 bits per heavy atom. The molecule has 2 rings (SSSR count). The van der Waals surface area contributed by atoms with Crippen molar-refractivity contribution in [3.63, 3.8) is 0 Å². The minimum absolute atomic E-state index is 0.0326. The van der Waals surface area contributed by atoms with Crippen LogP contribution in [0.2, 0.25) is 0 Å². The molecule has 0 atom stereocenters.